The minimum absolute atomic E-state index is 0.0502. The summed E-state index contributed by atoms with van der Waals surface area (Å²) in [4.78, 5) is 11.4. The van der Waals surface area contributed by atoms with Crippen molar-refractivity contribution in [1.82, 2.24) is 0 Å². The van der Waals surface area contributed by atoms with Gasteiger partial charge in [-0.15, -0.1) is 0 Å². The van der Waals surface area contributed by atoms with Crippen molar-refractivity contribution in [1.29, 1.82) is 0 Å². The van der Waals surface area contributed by atoms with Crippen molar-refractivity contribution in [3.63, 3.8) is 0 Å². The Hall–Kier alpha value is -2.53. The number of ketones is 1. The topological polar surface area (TPSA) is 116 Å². The van der Waals surface area contributed by atoms with Crippen molar-refractivity contribution in [2.75, 3.05) is 19.8 Å². The fourth-order valence-electron chi connectivity index (χ4n) is 4.79. The number of hydrogen-bond acceptors (Lipinski definition) is 7. The van der Waals surface area contributed by atoms with Crippen LogP contribution in [0.1, 0.15) is 18.4 Å². The van der Waals surface area contributed by atoms with Crippen LogP contribution in [-0.2, 0) is 24.1 Å². The molecule has 4 rings (SSSR count). The number of nitrogens with two attached hydrogens (primary N) is 1. The smallest absolute Gasteiger partial charge is 0.189 e. The molecular weight excluding hydrogens is 492 g/mol. The van der Waals surface area contributed by atoms with Crippen LogP contribution in [0.5, 0.6) is 5.75 Å². The highest BCUT2D eigenvalue weighted by Gasteiger charge is 2.61. The van der Waals surface area contributed by atoms with Crippen molar-refractivity contribution in [3.05, 3.63) is 70.4 Å². The van der Waals surface area contributed by atoms with E-state index in [1.54, 1.807) is 0 Å². The van der Waals surface area contributed by atoms with E-state index in [0.717, 1.165) is 18.2 Å². The van der Waals surface area contributed by atoms with Gasteiger partial charge in [0.2, 0.25) is 0 Å². The van der Waals surface area contributed by atoms with Crippen LogP contribution in [0.2, 0.25) is 5.02 Å². The zero-order valence-corrected chi connectivity index (χ0v) is 19.4. The van der Waals surface area contributed by atoms with E-state index in [4.69, 9.17) is 31.9 Å². The first-order valence-corrected chi connectivity index (χ1v) is 12.3. The van der Waals surface area contributed by atoms with Crippen molar-refractivity contribution in [2.45, 2.75) is 28.6 Å². The predicted molar refractivity (Wildman–Crippen MR) is 119 cm³/mol. The Kier molecular flexibility index (Phi) is 6.69. The molecule has 0 aromatic heterocycles. The maximum Gasteiger partial charge on any atom is 0.189 e. The molecule has 3 N–H and O–H groups in total. The van der Waals surface area contributed by atoms with Gasteiger partial charge >= 0.3 is 0 Å². The lowest BCUT2D eigenvalue weighted by Gasteiger charge is -2.50. The summed E-state index contributed by atoms with van der Waals surface area (Å²) >= 11 is 5.93. The van der Waals surface area contributed by atoms with Crippen LogP contribution < -0.4 is 10.5 Å². The van der Waals surface area contributed by atoms with Crippen LogP contribution in [0.3, 0.4) is 0 Å². The molecule has 0 radical (unpaired) electrons. The molecule has 2 heterocycles. The Labute approximate surface area is 200 Å². The Balaban J connectivity index is 1.91. The monoisotopic (exact) mass is 513 g/mol. The summed E-state index contributed by atoms with van der Waals surface area (Å²) in [6.07, 6.45) is -0.0983. The Bertz CT molecular complexity index is 1250. The van der Waals surface area contributed by atoms with Crippen LogP contribution in [0.15, 0.2) is 53.1 Å². The van der Waals surface area contributed by atoms with E-state index in [1.807, 2.05) is 0 Å². The molecular formula is C23H22ClF2NO6S. The third-order valence-corrected chi connectivity index (χ3v) is 9.10. The van der Waals surface area contributed by atoms with Gasteiger partial charge in [0, 0.05) is 35.7 Å². The van der Waals surface area contributed by atoms with Gasteiger partial charge in [0.25, 0.3) is 0 Å². The van der Waals surface area contributed by atoms with Crippen LogP contribution >= 0.6 is 11.6 Å². The molecule has 2 aliphatic heterocycles. The van der Waals surface area contributed by atoms with Crippen molar-refractivity contribution < 1.29 is 36.6 Å². The van der Waals surface area contributed by atoms with Gasteiger partial charge in [-0.1, -0.05) is 11.6 Å². The Morgan fingerprint density at radius 3 is 2.56 bits per heavy atom. The molecule has 2 aromatic carbocycles. The van der Waals surface area contributed by atoms with Crippen molar-refractivity contribution in [2.24, 2.45) is 11.7 Å². The molecule has 2 aromatic rings. The van der Waals surface area contributed by atoms with Crippen LogP contribution in [-0.4, -0.2) is 45.2 Å². The van der Waals surface area contributed by atoms with Crippen molar-refractivity contribution in [3.8, 4) is 5.75 Å². The summed E-state index contributed by atoms with van der Waals surface area (Å²) in [5, 5.41) is 9.28. The molecule has 11 heteroatoms. The van der Waals surface area contributed by atoms with E-state index in [-0.39, 0.29) is 42.2 Å². The number of hydrogen-bond donors (Lipinski definition) is 2. The fraction of sp³-hybridized carbons (Fsp3) is 0.348. The second-order valence-corrected chi connectivity index (χ2v) is 10.8. The molecule has 1 fully saturated rings. The fourth-order valence-corrected chi connectivity index (χ4v) is 7.27. The summed E-state index contributed by atoms with van der Waals surface area (Å²) in [5.41, 5.74) is 5.60. The summed E-state index contributed by atoms with van der Waals surface area (Å²) < 4.78 is 67.7. The third-order valence-electron chi connectivity index (χ3n) is 6.28. The molecule has 0 unspecified atom stereocenters. The van der Waals surface area contributed by atoms with Gasteiger partial charge in [0.15, 0.2) is 27.2 Å². The average molecular weight is 514 g/mol. The number of ether oxygens (including phenoxy) is 2. The second-order valence-electron chi connectivity index (χ2n) is 8.20. The van der Waals surface area contributed by atoms with Crippen LogP contribution in [0.4, 0.5) is 8.78 Å². The van der Waals surface area contributed by atoms with Crippen LogP contribution in [0, 0.1) is 17.6 Å². The van der Waals surface area contributed by atoms with Gasteiger partial charge in [-0.2, -0.15) is 0 Å². The summed E-state index contributed by atoms with van der Waals surface area (Å²) in [7, 11) is -4.34. The predicted octanol–water partition coefficient (Wildman–Crippen LogP) is 2.88. The Morgan fingerprint density at radius 2 is 1.88 bits per heavy atom. The lowest BCUT2D eigenvalue weighted by molar-refractivity contribution is -0.117. The first-order valence-electron chi connectivity index (χ1n) is 10.4. The number of aliphatic hydroxyl groups excluding tert-OH is 1. The largest absolute Gasteiger partial charge is 0.490 e. The molecule has 0 amide bonds. The Morgan fingerprint density at radius 1 is 1.21 bits per heavy atom. The van der Waals surface area contributed by atoms with Gasteiger partial charge < -0.3 is 20.3 Å². The van der Waals surface area contributed by atoms with E-state index in [9.17, 15) is 17.6 Å². The number of rotatable bonds is 6. The molecule has 0 bridgehead atoms. The summed E-state index contributed by atoms with van der Waals surface area (Å²) in [6.45, 7) is -1.12. The summed E-state index contributed by atoms with van der Waals surface area (Å²) in [6, 6.07) is 7.19. The molecule has 0 spiro atoms. The van der Waals surface area contributed by atoms with E-state index >= 15 is 4.39 Å². The first kappa shape index (κ1) is 24.6. The maximum atomic E-state index is 15.3. The minimum Gasteiger partial charge on any atom is -0.490 e. The van der Waals surface area contributed by atoms with E-state index < -0.39 is 56.4 Å². The standard InChI is InChI=1S/C23H22ClF2NO6S/c24-13-1-3-16(4-2-13)34(30,31)23-7-8-32-20(10-14(27)9-15(29)11-28)17(23)12-33-22-19(26)6-5-18(25)21(22)23/h1-6,9,17,20,28H,7-8,10-12,27H2/t17-,20-,23-/m0/s1. The molecule has 34 heavy (non-hydrogen) atoms. The SMILES string of the molecule is NC(=CC(=O)CO)C[C@@H]1OCC[C@@]2(S(=O)(=O)c3ccc(Cl)cc3)c3c(F)ccc(F)c3OC[C@@H]12. The van der Waals surface area contributed by atoms with Gasteiger partial charge in [0.05, 0.1) is 23.2 Å². The lowest BCUT2D eigenvalue weighted by atomic mass is 9.75. The second kappa shape index (κ2) is 9.26. The van der Waals surface area contributed by atoms with Gasteiger partial charge in [-0.3, -0.25) is 4.79 Å². The van der Waals surface area contributed by atoms with E-state index in [2.05, 4.69) is 0 Å². The highest BCUT2D eigenvalue weighted by Crippen LogP contribution is 2.56. The quantitative estimate of drug-likeness (QED) is 0.570. The number of halogens is 3. The number of aliphatic hydroxyl groups is 1. The zero-order valence-electron chi connectivity index (χ0n) is 17.8. The van der Waals surface area contributed by atoms with Crippen molar-refractivity contribution >= 4 is 27.2 Å². The minimum atomic E-state index is -4.34. The van der Waals surface area contributed by atoms with E-state index in [1.165, 1.54) is 24.3 Å². The molecule has 2 aliphatic rings. The van der Waals surface area contributed by atoms with Gasteiger partial charge in [-0.25, -0.2) is 17.2 Å². The number of sulfone groups is 1. The molecule has 1 saturated heterocycles. The number of carbonyl (C=O) groups excluding carboxylic acids is 1. The highest BCUT2D eigenvalue weighted by molar-refractivity contribution is 7.92. The number of carbonyl (C=O) groups is 1. The third kappa shape index (κ3) is 3.98. The molecule has 7 nitrogen and oxygen atoms in total. The molecule has 3 atom stereocenters. The number of benzene rings is 2. The van der Waals surface area contributed by atoms with Crippen LogP contribution in [0.25, 0.3) is 0 Å². The van der Waals surface area contributed by atoms with Gasteiger partial charge in [-0.05, 0) is 42.8 Å². The average Bonchev–Trinajstić information content (AvgIpc) is 2.81. The zero-order chi connectivity index (χ0) is 24.7. The lowest BCUT2D eigenvalue weighted by Crippen LogP contribution is -2.57. The first-order chi connectivity index (χ1) is 16.1. The molecule has 0 saturated carbocycles. The maximum absolute atomic E-state index is 15.3. The summed E-state index contributed by atoms with van der Waals surface area (Å²) in [5.74, 6) is -3.86. The molecule has 0 aliphatic carbocycles. The molecule has 182 valence electrons. The number of fused-ring (bicyclic) bond motifs is 3. The van der Waals surface area contributed by atoms with E-state index in [0.29, 0.717) is 5.02 Å². The normalized spacial score (nSPS) is 24.6. The van der Waals surface area contributed by atoms with Gasteiger partial charge in [0.1, 0.15) is 17.2 Å². The highest BCUT2D eigenvalue weighted by atomic mass is 35.5.